The zero-order chi connectivity index (χ0) is 38.1. The number of para-hydroxylation sites is 1. The molecule has 270 valence electrons. The average molecular weight is 729 g/mol. The molecule has 0 atom stereocenters. The molecule has 8 aromatic carbocycles. The van der Waals surface area contributed by atoms with Gasteiger partial charge in [-0.05, 0) is 109 Å². The van der Waals surface area contributed by atoms with Crippen molar-refractivity contribution in [3.05, 3.63) is 240 Å². The molecule has 0 bridgehead atoms. The second kappa shape index (κ2) is 12.8. The van der Waals surface area contributed by atoms with Crippen molar-refractivity contribution >= 4 is 27.8 Å². The Morgan fingerprint density at radius 3 is 1.79 bits per heavy atom. The van der Waals surface area contributed by atoms with Crippen LogP contribution in [0.5, 0.6) is 0 Å². The zero-order valence-electron chi connectivity index (χ0n) is 32.0. The predicted octanol–water partition coefficient (Wildman–Crippen LogP) is 14.0. The number of anilines is 3. The van der Waals surface area contributed by atoms with Crippen LogP contribution >= 0.6 is 0 Å². The molecule has 9 aromatic rings. The van der Waals surface area contributed by atoms with Crippen molar-refractivity contribution in [2.24, 2.45) is 0 Å². The van der Waals surface area contributed by atoms with E-state index in [0.717, 1.165) is 28.3 Å². The first-order valence-electron chi connectivity index (χ1n) is 19.9. The molecule has 0 fully saturated rings. The molecule has 2 nitrogen and oxygen atoms in total. The molecule has 2 aliphatic carbocycles. The fourth-order valence-electron chi connectivity index (χ4n) is 9.96. The normalized spacial score (nSPS) is 14.1. The smallest absolute Gasteiger partial charge is 0.0714 e. The van der Waals surface area contributed by atoms with Gasteiger partial charge in [-0.2, -0.15) is 0 Å². The first-order chi connectivity index (χ1) is 28.0. The first-order valence-corrected chi connectivity index (χ1v) is 19.9. The van der Waals surface area contributed by atoms with Gasteiger partial charge in [0.25, 0.3) is 0 Å². The lowest BCUT2D eigenvalue weighted by atomic mass is 9.67. The Hall–Kier alpha value is -7.03. The van der Waals surface area contributed by atoms with E-state index in [0.29, 0.717) is 0 Å². The van der Waals surface area contributed by atoms with Gasteiger partial charge >= 0.3 is 0 Å². The summed E-state index contributed by atoms with van der Waals surface area (Å²) >= 11 is 0. The highest BCUT2D eigenvalue weighted by Gasteiger charge is 2.47. The molecule has 11 rings (SSSR count). The van der Waals surface area contributed by atoms with Gasteiger partial charge in [-0.1, -0.05) is 172 Å². The van der Waals surface area contributed by atoms with E-state index in [4.69, 9.17) is 4.98 Å². The first kappa shape index (κ1) is 33.3. The van der Waals surface area contributed by atoms with Gasteiger partial charge in [-0.25, -0.2) is 0 Å². The number of hydrogen-bond acceptors (Lipinski definition) is 2. The van der Waals surface area contributed by atoms with Crippen molar-refractivity contribution in [1.82, 2.24) is 4.98 Å². The van der Waals surface area contributed by atoms with E-state index < -0.39 is 5.41 Å². The molecule has 2 heteroatoms. The highest BCUT2D eigenvalue weighted by atomic mass is 15.1. The van der Waals surface area contributed by atoms with Crippen LogP contribution in [0.2, 0.25) is 0 Å². The van der Waals surface area contributed by atoms with Gasteiger partial charge in [0.15, 0.2) is 0 Å². The summed E-state index contributed by atoms with van der Waals surface area (Å²) in [6, 6.07) is 73.3. The van der Waals surface area contributed by atoms with E-state index in [9.17, 15) is 0 Å². The van der Waals surface area contributed by atoms with E-state index in [1.807, 2.05) is 6.20 Å². The molecule has 0 spiro atoms. The number of fused-ring (bicyclic) bond motifs is 8. The summed E-state index contributed by atoms with van der Waals surface area (Å²) in [6.45, 7) is 4.68. The SMILES string of the molecule is CC1(C)c2ccccc2-c2ccc(N(c3ccccc3)c3ccc(-c4ccc5c(c4)C(c4ccccc4)(c4ccccc4)c4ccc6ccccc6c4-5)nc3)cc21. The molecule has 2 aliphatic rings. The predicted molar refractivity (Wildman–Crippen MR) is 237 cm³/mol. The Morgan fingerprint density at radius 2 is 1.05 bits per heavy atom. The molecular weight excluding hydrogens is 689 g/mol. The second-order valence-electron chi connectivity index (χ2n) is 15.9. The van der Waals surface area contributed by atoms with E-state index >= 15 is 0 Å². The van der Waals surface area contributed by atoms with Gasteiger partial charge in [-0.15, -0.1) is 0 Å². The molecule has 0 aliphatic heterocycles. The van der Waals surface area contributed by atoms with Crippen molar-refractivity contribution in [3.63, 3.8) is 0 Å². The number of nitrogens with zero attached hydrogens (tertiary/aromatic N) is 2. The Balaban J connectivity index is 1.06. The Kier molecular flexibility index (Phi) is 7.46. The lowest BCUT2D eigenvalue weighted by molar-refractivity contribution is 0.660. The number of pyridine rings is 1. The van der Waals surface area contributed by atoms with Crippen LogP contribution in [0.3, 0.4) is 0 Å². The third-order valence-electron chi connectivity index (χ3n) is 12.6. The van der Waals surface area contributed by atoms with Crippen LogP contribution in [-0.2, 0) is 10.8 Å². The summed E-state index contributed by atoms with van der Waals surface area (Å²) in [5, 5.41) is 2.53. The minimum absolute atomic E-state index is 0.0966. The molecule has 1 heterocycles. The van der Waals surface area contributed by atoms with Crippen molar-refractivity contribution in [1.29, 1.82) is 0 Å². The molecular formula is C55H40N2. The summed E-state index contributed by atoms with van der Waals surface area (Å²) in [5.41, 5.74) is 17.7. The Labute approximate surface area is 334 Å². The van der Waals surface area contributed by atoms with Crippen LogP contribution in [0.1, 0.15) is 47.2 Å². The van der Waals surface area contributed by atoms with Gasteiger partial charge in [0.2, 0.25) is 0 Å². The van der Waals surface area contributed by atoms with Crippen molar-refractivity contribution in [2.45, 2.75) is 24.7 Å². The molecule has 57 heavy (non-hydrogen) atoms. The number of rotatable bonds is 6. The van der Waals surface area contributed by atoms with Gasteiger partial charge in [0, 0.05) is 22.4 Å². The maximum atomic E-state index is 5.23. The number of hydrogen-bond donors (Lipinski definition) is 0. The van der Waals surface area contributed by atoms with E-state index in [-0.39, 0.29) is 5.41 Å². The maximum absolute atomic E-state index is 5.23. The fraction of sp³-hybridized carbons (Fsp3) is 0.0727. The fourth-order valence-corrected chi connectivity index (χ4v) is 9.96. The third kappa shape index (κ3) is 4.93. The van der Waals surface area contributed by atoms with Crippen LogP contribution in [0, 0.1) is 0 Å². The van der Waals surface area contributed by atoms with Gasteiger partial charge in [-0.3, -0.25) is 4.98 Å². The molecule has 0 amide bonds. The molecule has 1 aromatic heterocycles. The van der Waals surface area contributed by atoms with Crippen LogP contribution < -0.4 is 4.90 Å². The standard InChI is InChI=1S/C55H40N2/c1-54(2)48-25-15-14-24-45(48)46-31-28-42(35-50(46)54)57(41-21-10-5-11-22-41)43-29-33-52(56-36-43)38-26-30-47-51(34-38)55(39-17-6-3-7-18-39,40-19-8-4-9-20-40)49-32-27-37-16-12-13-23-44(37)53(47)49/h3-36H,1-2H3. The molecule has 0 unspecified atom stereocenters. The van der Waals surface area contributed by atoms with Crippen LogP contribution in [0.15, 0.2) is 206 Å². The Morgan fingerprint density at radius 1 is 0.421 bits per heavy atom. The largest absolute Gasteiger partial charge is 0.309 e. The van der Waals surface area contributed by atoms with Crippen LogP contribution in [0.25, 0.3) is 44.3 Å². The lowest BCUT2D eigenvalue weighted by Crippen LogP contribution is -2.28. The molecule has 0 radical (unpaired) electrons. The monoisotopic (exact) mass is 728 g/mol. The van der Waals surface area contributed by atoms with Crippen molar-refractivity contribution in [2.75, 3.05) is 4.90 Å². The van der Waals surface area contributed by atoms with Crippen molar-refractivity contribution < 1.29 is 0 Å². The summed E-state index contributed by atoms with van der Waals surface area (Å²) in [4.78, 5) is 7.56. The molecule has 0 saturated heterocycles. The quantitative estimate of drug-likeness (QED) is 0.169. The highest BCUT2D eigenvalue weighted by molar-refractivity contribution is 6.04. The summed E-state index contributed by atoms with van der Waals surface area (Å²) in [7, 11) is 0. The van der Waals surface area contributed by atoms with Crippen LogP contribution in [0.4, 0.5) is 17.1 Å². The van der Waals surface area contributed by atoms with Crippen molar-refractivity contribution in [3.8, 4) is 33.5 Å². The summed E-state index contributed by atoms with van der Waals surface area (Å²) in [5.74, 6) is 0. The zero-order valence-corrected chi connectivity index (χ0v) is 32.0. The minimum Gasteiger partial charge on any atom is -0.309 e. The topological polar surface area (TPSA) is 16.1 Å². The van der Waals surface area contributed by atoms with Gasteiger partial charge in [0.05, 0.1) is 23.0 Å². The molecule has 0 N–H and O–H groups in total. The second-order valence-corrected chi connectivity index (χ2v) is 15.9. The maximum Gasteiger partial charge on any atom is 0.0714 e. The highest BCUT2D eigenvalue weighted by Crippen LogP contribution is 2.58. The van der Waals surface area contributed by atoms with Crippen LogP contribution in [-0.4, -0.2) is 4.98 Å². The van der Waals surface area contributed by atoms with E-state index in [1.165, 1.54) is 66.4 Å². The summed E-state index contributed by atoms with van der Waals surface area (Å²) in [6.07, 6.45) is 2.03. The average Bonchev–Trinajstić information content (AvgIpc) is 3.70. The van der Waals surface area contributed by atoms with E-state index in [1.54, 1.807) is 0 Å². The minimum atomic E-state index is -0.502. The number of aromatic nitrogens is 1. The van der Waals surface area contributed by atoms with E-state index in [2.05, 4.69) is 219 Å². The number of benzene rings is 8. The van der Waals surface area contributed by atoms with Gasteiger partial charge in [0.1, 0.15) is 0 Å². The lowest BCUT2D eigenvalue weighted by Gasteiger charge is -2.34. The summed E-state index contributed by atoms with van der Waals surface area (Å²) < 4.78 is 0. The Bertz CT molecular complexity index is 2930. The molecule has 0 saturated carbocycles. The van der Waals surface area contributed by atoms with Gasteiger partial charge < -0.3 is 4.90 Å². The third-order valence-corrected chi connectivity index (χ3v) is 12.6.